The van der Waals surface area contributed by atoms with Crippen LogP contribution in [-0.2, 0) is 25.9 Å². The van der Waals surface area contributed by atoms with Gasteiger partial charge in [-0.15, -0.1) is 5.10 Å². The number of aromatic nitrogens is 7. The third-order valence-electron chi connectivity index (χ3n) is 9.20. The van der Waals surface area contributed by atoms with Crippen molar-refractivity contribution in [2.45, 2.75) is 64.7 Å². The average molecular weight is 620 g/mol. The first-order chi connectivity index (χ1) is 22.5. The van der Waals surface area contributed by atoms with Crippen LogP contribution in [0.1, 0.15) is 59.6 Å². The number of aryl methyl sites for hydroxylation is 2. The summed E-state index contributed by atoms with van der Waals surface area (Å²) in [6.07, 6.45) is 6.16. The molecule has 0 radical (unpaired) electrons. The first kappa shape index (κ1) is 29.4. The summed E-state index contributed by atoms with van der Waals surface area (Å²) in [5, 5.41) is 27.8. The molecule has 7 rings (SSSR count). The van der Waals surface area contributed by atoms with Gasteiger partial charge in [-0.2, -0.15) is 5.10 Å². The lowest BCUT2D eigenvalue weighted by Crippen LogP contribution is -2.53. The number of benzene rings is 2. The molecule has 0 saturated carbocycles. The minimum absolute atomic E-state index is 0.0528. The van der Waals surface area contributed by atoms with E-state index in [1.807, 2.05) is 53.1 Å². The van der Waals surface area contributed by atoms with Gasteiger partial charge in [0.05, 0.1) is 18.1 Å². The van der Waals surface area contributed by atoms with E-state index in [4.69, 9.17) is 0 Å². The number of nitrogens with zero attached hydrogens (tertiary/aromatic N) is 8. The van der Waals surface area contributed by atoms with Crippen molar-refractivity contribution >= 4 is 28.7 Å². The predicted molar refractivity (Wildman–Crippen MR) is 172 cm³/mol. The molecule has 1 atom stereocenters. The Morgan fingerprint density at radius 1 is 1.09 bits per heavy atom. The summed E-state index contributed by atoms with van der Waals surface area (Å²) in [5.41, 5.74) is 7.16. The number of aromatic amines is 1. The molecule has 1 unspecified atom stereocenters. The van der Waals surface area contributed by atoms with Gasteiger partial charge in [0.1, 0.15) is 0 Å². The normalized spacial score (nSPS) is 15.9. The second kappa shape index (κ2) is 12.6. The molecule has 5 heterocycles. The second-order valence-electron chi connectivity index (χ2n) is 12.0. The zero-order valence-corrected chi connectivity index (χ0v) is 26.0. The summed E-state index contributed by atoms with van der Waals surface area (Å²) in [5.74, 6) is 0.573. The predicted octanol–water partition coefficient (Wildman–Crippen LogP) is 4.37. The highest BCUT2D eigenvalue weighted by Gasteiger charge is 2.34. The van der Waals surface area contributed by atoms with E-state index in [9.17, 15) is 9.59 Å². The molecule has 13 heteroatoms. The van der Waals surface area contributed by atoms with Crippen molar-refractivity contribution in [3.05, 3.63) is 94.7 Å². The van der Waals surface area contributed by atoms with Crippen LogP contribution in [0.5, 0.6) is 0 Å². The van der Waals surface area contributed by atoms with E-state index in [1.54, 1.807) is 17.1 Å². The number of H-pyrrole nitrogens is 1. The minimum Gasteiger partial charge on any atom is -0.328 e. The maximum atomic E-state index is 13.9. The number of likely N-dealkylation sites (tertiary alicyclic amines) is 1. The number of hydrogen-bond acceptors (Lipinski definition) is 7. The standard InChI is InChI=1S/C33H37N11O2/c1-3-26-23(8-9-27-21(2)37-38-30(26)27)18-29(31-39-40-41-44(31)19-22-10-14-34-15-11-22)36-32(45)42-16-12-25(13-17-42)43-20-24-6-4-5-7-28(24)35-33(43)46/h4-11,14-15,25,29H,3,12-13,16-20H2,1-2H3,(H,35,46)(H,36,45)(H,37,38). The Morgan fingerprint density at radius 2 is 1.89 bits per heavy atom. The van der Waals surface area contributed by atoms with Crippen LogP contribution in [-0.4, -0.2) is 76.4 Å². The van der Waals surface area contributed by atoms with Crippen LogP contribution in [0, 0.1) is 6.92 Å². The monoisotopic (exact) mass is 619 g/mol. The Hall–Kier alpha value is -5.33. The van der Waals surface area contributed by atoms with E-state index >= 15 is 0 Å². The summed E-state index contributed by atoms with van der Waals surface area (Å²) >= 11 is 0. The van der Waals surface area contributed by atoms with Gasteiger partial charge in [0.25, 0.3) is 0 Å². The van der Waals surface area contributed by atoms with E-state index in [1.165, 1.54) is 0 Å². The van der Waals surface area contributed by atoms with E-state index < -0.39 is 6.04 Å². The van der Waals surface area contributed by atoms with Crippen molar-refractivity contribution in [1.82, 2.24) is 50.5 Å². The zero-order chi connectivity index (χ0) is 31.6. The number of pyridine rings is 1. The number of hydrogen-bond donors (Lipinski definition) is 3. The van der Waals surface area contributed by atoms with Gasteiger partial charge in [-0.05, 0) is 77.1 Å². The Kier molecular flexibility index (Phi) is 8.04. The highest BCUT2D eigenvalue weighted by molar-refractivity contribution is 5.92. The maximum absolute atomic E-state index is 13.9. The third-order valence-corrected chi connectivity index (χ3v) is 9.20. The number of amides is 4. The number of tetrazole rings is 1. The van der Waals surface area contributed by atoms with Crippen LogP contribution in [0.4, 0.5) is 15.3 Å². The minimum atomic E-state index is -0.491. The number of anilines is 1. The topological polar surface area (TPSA) is 150 Å². The number of para-hydroxylation sites is 1. The van der Waals surface area contributed by atoms with Gasteiger partial charge in [0.15, 0.2) is 5.82 Å². The lowest BCUT2D eigenvalue weighted by Gasteiger charge is -2.40. The summed E-state index contributed by atoms with van der Waals surface area (Å²) in [6, 6.07) is 15.2. The van der Waals surface area contributed by atoms with Gasteiger partial charge < -0.3 is 20.4 Å². The van der Waals surface area contributed by atoms with Crippen molar-refractivity contribution in [3.63, 3.8) is 0 Å². The number of fused-ring (bicyclic) bond motifs is 2. The molecule has 3 N–H and O–H groups in total. The molecule has 1 fully saturated rings. The fourth-order valence-corrected chi connectivity index (χ4v) is 6.69. The SMILES string of the molecule is CCc1c(CC(NC(=O)N2CCC(N3Cc4ccccc4NC3=O)CC2)c2nnnn2Cc2ccncc2)ccc2c(C)[nH]nc12. The molecule has 236 valence electrons. The van der Waals surface area contributed by atoms with E-state index in [0.29, 0.717) is 51.3 Å². The molecule has 2 aliphatic rings. The highest BCUT2D eigenvalue weighted by atomic mass is 16.2. The van der Waals surface area contributed by atoms with Crippen molar-refractivity contribution in [3.8, 4) is 0 Å². The van der Waals surface area contributed by atoms with Gasteiger partial charge in [-0.25, -0.2) is 14.3 Å². The molecular formula is C33H37N11O2. The number of nitrogens with one attached hydrogen (secondary N) is 3. The van der Waals surface area contributed by atoms with Crippen molar-refractivity contribution in [1.29, 1.82) is 0 Å². The van der Waals surface area contributed by atoms with Gasteiger partial charge >= 0.3 is 12.1 Å². The van der Waals surface area contributed by atoms with Gasteiger partial charge in [-0.1, -0.05) is 37.3 Å². The van der Waals surface area contributed by atoms with E-state index in [0.717, 1.165) is 51.0 Å². The van der Waals surface area contributed by atoms with Gasteiger partial charge in [0, 0.05) is 61.3 Å². The molecule has 0 aliphatic carbocycles. The Morgan fingerprint density at radius 3 is 2.70 bits per heavy atom. The fraction of sp³-hybridized carbons (Fsp3) is 0.364. The molecule has 13 nitrogen and oxygen atoms in total. The van der Waals surface area contributed by atoms with Crippen molar-refractivity contribution in [2.24, 2.45) is 0 Å². The summed E-state index contributed by atoms with van der Waals surface area (Å²) in [7, 11) is 0. The van der Waals surface area contributed by atoms with Gasteiger partial charge in [-0.3, -0.25) is 10.1 Å². The molecule has 2 aliphatic heterocycles. The maximum Gasteiger partial charge on any atom is 0.322 e. The Balaban J connectivity index is 1.10. The number of piperidine rings is 1. The van der Waals surface area contributed by atoms with Crippen LogP contribution in [0.25, 0.3) is 10.9 Å². The molecule has 2 aromatic carbocycles. The lowest BCUT2D eigenvalue weighted by molar-refractivity contribution is 0.126. The molecule has 3 aromatic heterocycles. The van der Waals surface area contributed by atoms with Crippen molar-refractivity contribution in [2.75, 3.05) is 18.4 Å². The quantitative estimate of drug-likeness (QED) is 0.233. The van der Waals surface area contributed by atoms with Crippen LogP contribution < -0.4 is 10.6 Å². The summed E-state index contributed by atoms with van der Waals surface area (Å²) < 4.78 is 1.74. The number of carbonyl (C=O) groups excluding carboxylic acids is 2. The molecule has 1 saturated heterocycles. The van der Waals surface area contributed by atoms with Crippen LogP contribution in [0.15, 0.2) is 60.9 Å². The average Bonchev–Trinajstić information content (AvgIpc) is 3.70. The van der Waals surface area contributed by atoms with Gasteiger partial charge in [0.2, 0.25) is 0 Å². The molecule has 5 aromatic rings. The van der Waals surface area contributed by atoms with Crippen LogP contribution >= 0.6 is 0 Å². The number of rotatable bonds is 8. The molecule has 46 heavy (non-hydrogen) atoms. The van der Waals surface area contributed by atoms with E-state index in [2.05, 4.69) is 60.4 Å². The van der Waals surface area contributed by atoms with Crippen LogP contribution in [0.3, 0.4) is 0 Å². The Labute approximate surface area is 266 Å². The number of carbonyl (C=O) groups is 2. The molecule has 0 spiro atoms. The zero-order valence-electron chi connectivity index (χ0n) is 26.0. The second-order valence-corrected chi connectivity index (χ2v) is 12.0. The first-order valence-corrected chi connectivity index (χ1v) is 15.8. The van der Waals surface area contributed by atoms with Crippen LogP contribution in [0.2, 0.25) is 0 Å². The summed E-state index contributed by atoms with van der Waals surface area (Å²) in [6.45, 7) is 6.23. The largest absolute Gasteiger partial charge is 0.328 e. The first-order valence-electron chi connectivity index (χ1n) is 15.8. The summed E-state index contributed by atoms with van der Waals surface area (Å²) in [4.78, 5) is 34.6. The lowest BCUT2D eigenvalue weighted by atomic mass is 9.95. The smallest absolute Gasteiger partial charge is 0.322 e. The fourth-order valence-electron chi connectivity index (χ4n) is 6.69. The third kappa shape index (κ3) is 5.75. The molecular weight excluding hydrogens is 582 g/mol. The number of urea groups is 2. The van der Waals surface area contributed by atoms with E-state index in [-0.39, 0.29) is 18.1 Å². The molecule has 4 amide bonds. The Bertz CT molecular complexity index is 1860. The molecule has 0 bridgehead atoms. The van der Waals surface area contributed by atoms with Crippen molar-refractivity contribution < 1.29 is 9.59 Å². The highest BCUT2D eigenvalue weighted by Crippen LogP contribution is 2.29.